The molecule has 1 aliphatic heterocycles. The van der Waals surface area contributed by atoms with Crippen molar-refractivity contribution >= 4 is 6.03 Å². The fraction of sp³-hybridized carbons (Fsp3) is 0.917. The smallest absolute Gasteiger partial charge is 0.319 e. The maximum absolute atomic E-state index is 12.0. The van der Waals surface area contributed by atoms with Crippen molar-refractivity contribution in [2.24, 2.45) is 5.92 Å². The number of likely N-dealkylation sites (tertiary alicyclic amines) is 1. The summed E-state index contributed by atoms with van der Waals surface area (Å²) >= 11 is 0. The number of amides is 2. The first-order chi connectivity index (χ1) is 7.61. The lowest BCUT2D eigenvalue weighted by Gasteiger charge is -2.32. The monoisotopic (exact) mass is 226 g/mol. The highest BCUT2D eigenvalue weighted by molar-refractivity contribution is 5.74. The normalized spacial score (nSPS) is 34.4. The van der Waals surface area contributed by atoms with Gasteiger partial charge in [-0.25, -0.2) is 4.79 Å². The van der Waals surface area contributed by atoms with Crippen LogP contribution >= 0.6 is 0 Å². The van der Waals surface area contributed by atoms with Gasteiger partial charge in [0.25, 0.3) is 0 Å². The standard InChI is InChI=1S/C12H22N2O2/c1-13(2)12(16)14-8-4-6-10(14)9-5-3-7-11(9)15/h9-11,15H,3-8H2,1-2H3. The molecule has 2 amide bonds. The van der Waals surface area contributed by atoms with E-state index in [2.05, 4.69) is 0 Å². The van der Waals surface area contributed by atoms with E-state index in [1.165, 1.54) is 0 Å². The van der Waals surface area contributed by atoms with Gasteiger partial charge >= 0.3 is 6.03 Å². The predicted octanol–water partition coefficient (Wildman–Crippen LogP) is 1.29. The highest BCUT2D eigenvalue weighted by Crippen LogP contribution is 2.35. The van der Waals surface area contributed by atoms with Crippen LogP contribution in [0.5, 0.6) is 0 Å². The summed E-state index contributed by atoms with van der Waals surface area (Å²) in [6, 6.07) is 0.369. The molecule has 1 aliphatic carbocycles. The van der Waals surface area contributed by atoms with E-state index in [-0.39, 0.29) is 18.2 Å². The lowest BCUT2D eigenvalue weighted by molar-refractivity contribution is 0.0786. The zero-order valence-corrected chi connectivity index (χ0v) is 10.2. The fourth-order valence-electron chi connectivity index (χ4n) is 3.15. The third-order valence-electron chi connectivity index (χ3n) is 3.95. The second kappa shape index (κ2) is 4.62. The fourth-order valence-corrected chi connectivity index (χ4v) is 3.15. The molecule has 1 saturated heterocycles. The first-order valence-electron chi connectivity index (χ1n) is 6.27. The minimum atomic E-state index is -0.194. The molecule has 0 aromatic carbocycles. The van der Waals surface area contributed by atoms with Gasteiger partial charge in [0.15, 0.2) is 0 Å². The van der Waals surface area contributed by atoms with Gasteiger partial charge in [0, 0.05) is 32.6 Å². The van der Waals surface area contributed by atoms with E-state index >= 15 is 0 Å². The summed E-state index contributed by atoms with van der Waals surface area (Å²) in [5, 5.41) is 9.94. The Labute approximate surface area is 97.2 Å². The number of hydrogen-bond acceptors (Lipinski definition) is 2. The van der Waals surface area contributed by atoms with E-state index < -0.39 is 0 Å². The molecule has 0 bridgehead atoms. The number of urea groups is 1. The largest absolute Gasteiger partial charge is 0.393 e. The Morgan fingerprint density at radius 1 is 1.25 bits per heavy atom. The van der Waals surface area contributed by atoms with Crippen molar-refractivity contribution < 1.29 is 9.90 Å². The molecule has 4 heteroatoms. The quantitative estimate of drug-likeness (QED) is 0.732. The van der Waals surface area contributed by atoms with Gasteiger partial charge in [-0.1, -0.05) is 6.42 Å². The summed E-state index contributed by atoms with van der Waals surface area (Å²) in [6.45, 7) is 0.852. The van der Waals surface area contributed by atoms with Crippen LogP contribution in [0.15, 0.2) is 0 Å². The van der Waals surface area contributed by atoms with E-state index in [1.807, 2.05) is 4.90 Å². The first-order valence-corrected chi connectivity index (χ1v) is 6.27. The molecule has 3 unspecified atom stereocenters. The van der Waals surface area contributed by atoms with Crippen molar-refractivity contribution in [3.8, 4) is 0 Å². The molecule has 2 fully saturated rings. The molecule has 1 saturated carbocycles. The van der Waals surface area contributed by atoms with Crippen LogP contribution in [0.3, 0.4) is 0 Å². The highest BCUT2D eigenvalue weighted by atomic mass is 16.3. The summed E-state index contributed by atoms with van der Waals surface area (Å²) in [5.74, 6) is 0.311. The number of nitrogens with zero attached hydrogens (tertiary/aromatic N) is 2. The van der Waals surface area contributed by atoms with Gasteiger partial charge in [-0.05, 0) is 25.7 Å². The van der Waals surface area contributed by atoms with Gasteiger partial charge in [0.05, 0.1) is 6.10 Å². The second-order valence-corrected chi connectivity index (χ2v) is 5.24. The van der Waals surface area contributed by atoms with Gasteiger partial charge in [0.2, 0.25) is 0 Å². The Morgan fingerprint density at radius 3 is 2.56 bits per heavy atom. The average Bonchev–Trinajstić information content (AvgIpc) is 2.84. The maximum atomic E-state index is 12.0. The lowest BCUT2D eigenvalue weighted by Crippen LogP contribution is -2.46. The average molecular weight is 226 g/mol. The van der Waals surface area contributed by atoms with Gasteiger partial charge in [0.1, 0.15) is 0 Å². The number of hydrogen-bond donors (Lipinski definition) is 1. The molecule has 0 aromatic rings. The van der Waals surface area contributed by atoms with Gasteiger partial charge in [-0.15, -0.1) is 0 Å². The molecular formula is C12H22N2O2. The zero-order valence-electron chi connectivity index (χ0n) is 10.2. The van der Waals surface area contributed by atoms with Crippen LogP contribution in [0.25, 0.3) is 0 Å². The van der Waals surface area contributed by atoms with Crippen molar-refractivity contribution in [3.05, 3.63) is 0 Å². The molecule has 2 aliphatic rings. The number of aliphatic hydroxyl groups excluding tert-OH is 1. The summed E-state index contributed by atoms with van der Waals surface area (Å²) < 4.78 is 0. The summed E-state index contributed by atoms with van der Waals surface area (Å²) in [7, 11) is 3.59. The molecule has 1 N–H and O–H groups in total. The third kappa shape index (κ3) is 2.03. The van der Waals surface area contributed by atoms with Crippen LogP contribution in [-0.2, 0) is 0 Å². The summed E-state index contributed by atoms with van der Waals surface area (Å²) in [4.78, 5) is 15.6. The zero-order chi connectivity index (χ0) is 11.7. The predicted molar refractivity (Wildman–Crippen MR) is 62.2 cm³/mol. The molecule has 3 atom stereocenters. The maximum Gasteiger partial charge on any atom is 0.319 e. The number of aliphatic hydroxyl groups is 1. The van der Waals surface area contributed by atoms with E-state index in [0.717, 1.165) is 38.6 Å². The molecule has 16 heavy (non-hydrogen) atoms. The Bertz CT molecular complexity index is 268. The van der Waals surface area contributed by atoms with Crippen molar-refractivity contribution in [1.82, 2.24) is 9.80 Å². The minimum absolute atomic E-state index is 0.0987. The van der Waals surface area contributed by atoms with Crippen LogP contribution in [-0.4, -0.2) is 53.7 Å². The Morgan fingerprint density at radius 2 is 2.00 bits per heavy atom. The highest BCUT2D eigenvalue weighted by Gasteiger charge is 2.40. The molecule has 2 rings (SSSR count). The van der Waals surface area contributed by atoms with Crippen LogP contribution < -0.4 is 0 Å². The van der Waals surface area contributed by atoms with E-state index in [9.17, 15) is 9.90 Å². The first kappa shape index (κ1) is 11.7. The van der Waals surface area contributed by atoms with E-state index in [4.69, 9.17) is 0 Å². The summed E-state index contributed by atoms with van der Waals surface area (Å²) in [5.41, 5.74) is 0. The Kier molecular flexibility index (Phi) is 3.38. The molecule has 0 spiro atoms. The van der Waals surface area contributed by atoms with Gasteiger partial charge in [-0.2, -0.15) is 0 Å². The summed E-state index contributed by atoms with van der Waals surface area (Å²) in [6.07, 6.45) is 5.02. The molecule has 0 radical (unpaired) electrons. The molecule has 92 valence electrons. The second-order valence-electron chi connectivity index (χ2n) is 5.24. The van der Waals surface area contributed by atoms with Crippen molar-refractivity contribution in [3.63, 3.8) is 0 Å². The van der Waals surface area contributed by atoms with E-state index in [0.29, 0.717) is 5.92 Å². The van der Waals surface area contributed by atoms with Crippen molar-refractivity contribution in [1.29, 1.82) is 0 Å². The Hall–Kier alpha value is -0.770. The van der Waals surface area contributed by atoms with Crippen LogP contribution in [0.1, 0.15) is 32.1 Å². The van der Waals surface area contributed by atoms with Crippen LogP contribution in [0, 0.1) is 5.92 Å². The number of carbonyl (C=O) groups excluding carboxylic acids is 1. The van der Waals surface area contributed by atoms with Crippen LogP contribution in [0.4, 0.5) is 4.79 Å². The van der Waals surface area contributed by atoms with Crippen molar-refractivity contribution in [2.75, 3.05) is 20.6 Å². The molecule has 4 nitrogen and oxygen atoms in total. The molecule has 1 heterocycles. The number of rotatable bonds is 1. The van der Waals surface area contributed by atoms with Crippen LogP contribution in [0.2, 0.25) is 0 Å². The lowest BCUT2D eigenvalue weighted by atomic mass is 9.94. The van der Waals surface area contributed by atoms with Gasteiger partial charge in [-0.3, -0.25) is 0 Å². The minimum Gasteiger partial charge on any atom is -0.393 e. The van der Waals surface area contributed by atoms with E-state index in [1.54, 1.807) is 19.0 Å². The number of carbonyl (C=O) groups is 1. The molecule has 0 aromatic heterocycles. The molecular weight excluding hydrogens is 204 g/mol. The van der Waals surface area contributed by atoms with Gasteiger partial charge < -0.3 is 14.9 Å². The SMILES string of the molecule is CN(C)C(=O)N1CCCC1C1CCCC1O. The topological polar surface area (TPSA) is 43.8 Å². The van der Waals surface area contributed by atoms with Crippen molar-refractivity contribution in [2.45, 2.75) is 44.2 Å². The Balaban J connectivity index is 2.05. The third-order valence-corrected chi connectivity index (χ3v) is 3.95.